The molecule has 0 aromatic heterocycles. The molecule has 0 bridgehead atoms. The van der Waals surface area contributed by atoms with E-state index in [-0.39, 0.29) is 12.1 Å². The lowest BCUT2D eigenvalue weighted by Gasteiger charge is -2.28. The van der Waals surface area contributed by atoms with Crippen LogP contribution in [0, 0.1) is 12.8 Å². The molecule has 1 aromatic carbocycles. The summed E-state index contributed by atoms with van der Waals surface area (Å²) in [6, 6.07) is 4.05. The van der Waals surface area contributed by atoms with Crippen molar-refractivity contribution in [2.45, 2.75) is 45.5 Å². The first kappa shape index (κ1) is 16.3. The highest BCUT2D eigenvalue weighted by Crippen LogP contribution is 2.37. The molecular formula is C16H22F3NO. The van der Waals surface area contributed by atoms with E-state index in [1.807, 2.05) is 13.8 Å². The second-order valence-electron chi connectivity index (χ2n) is 5.63. The van der Waals surface area contributed by atoms with Crippen LogP contribution in [-0.4, -0.2) is 19.3 Å². The van der Waals surface area contributed by atoms with Gasteiger partial charge < -0.3 is 10.1 Å². The van der Waals surface area contributed by atoms with Gasteiger partial charge in [0.05, 0.1) is 11.7 Å². The van der Waals surface area contributed by atoms with Crippen LogP contribution < -0.4 is 5.32 Å². The number of benzene rings is 1. The van der Waals surface area contributed by atoms with Gasteiger partial charge in [-0.05, 0) is 50.1 Å². The molecule has 1 aromatic rings. The average molecular weight is 301 g/mol. The van der Waals surface area contributed by atoms with Gasteiger partial charge in [0.1, 0.15) is 0 Å². The largest absolute Gasteiger partial charge is 0.416 e. The predicted octanol–water partition coefficient (Wildman–Crippen LogP) is 4.09. The molecule has 3 atom stereocenters. The summed E-state index contributed by atoms with van der Waals surface area (Å²) in [5, 5.41) is 3.41. The van der Waals surface area contributed by atoms with Crippen LogP contribution in [0.4, 0.5) is 13.2 Å². The summed E-state index contributed by atoms with van der Waals surface area (Å²) in [6.07, 6.45) is -3.24. The SMILES string of the molecule is CCNC(c1ccc(C(F)(F)F)cc1C)C1CCOC1C. The van der Waals surface area contributed by atoms with Crippen molar-refractivity contribution in [2.24, 2.45) is 5.92 Å². The molecule has 5 heteroatoms. The molecule has 0 radical (unpaired) electrons. The Morgan fingerprint density at radius 2 is 2.10 bits per heavy atom. The molecule has 2 nitrogen and oxygen atoms in total. The van der Waals surface area contributed by atoms with E-state index in [0.29, 0.717) is 18.1 Å². The summed E-state index contributed by atoms with van der Waals surface area (Å²) in [7, 11) is 0. The van der Waals surface area contributed by atoms with Gasteiger partial charge in [-0.2, -0.15) is 13.2 Å². The minimum Gasteiger partial charge on any atom is -0.378 e. The number of halogens is 3. The molecule has 2 rings (SSSR count). The molecule has 0 amide bonds. The fourth-order valence-corrected chi connectivity index (χ4v) is 3.10. The van der Waals surface area contributed by atoms with Crippen LogP contribution in [0.1, 0.15) is 43.0 Å². The van der Waals surface area contributed by atoms with E-state index < -0.39 is 11.7 Å². The standard InChI is InChI=1S/C16H22F3NO/c1-4-20-15(14-7-8-21-11(14)3)13-6-5-12(9-10(13)2)16(17,18)19/h5-6,9,11,14-15,20H,4,7-8H2,1-3H3. The van der Waals surface area contributed by atoms with Gasteiger partial charge in [-0.1, -0.05) is 13.0 Å². The molecule has 1 N–H and O–H groups in total. The van der Waals surface area contributed by atoms with Gasteiger partial charge in [-0.15, -0.1) is 0 Å². The fourth-order valence-electron chi connectivity index (χ4n) is 3.10. The Bertz CT molecular complexity index is 487. The smallest absolute Gasteiger partial charge is 0.378 e. The Morgan fingerprint density at radius 1 is 1.38 bits per heavy atom. The number of hydrogen-bond donors (Lipinski definition) is 1. The van der Waals surface area contributed by atoms with Crippen LogP contribution in [0.2, 0.25) is 0 Å². The Labute approximate surface area is 123 Å². The first-order valence-electron chi connectivity index (χ1n) is 7.37. The monoisotopic (exact) mass is 301 g/mol. The third kappa shape index (κ3) is 3.58. The number of aryl methyl sites for hydroxylation is 1. The summed E-state index contributed by atoms with van der Waals surface area (Å²) in [5.74, 6) is 0.292. The summed E-state index contributed by atoms with van der Waals surface area (Å²) < 4.78 is 43.9. The van der Waals surface area contributed by atoms with Crippen molar-refractivity contribution in [3.63, 3.8) is 0 Å². The van der Waals surface area contributed by atoms with Gasteiger partial charge in [0.2, 0.25) is 0 Å². The summed E-state index contributed by atoms with van der Waals surface area (Å²) >= 11 is 0. The zero-order valence-electron chi connectivity index (χ0n) is 12.6. The average Bonchev–Trinajstić information content (AvgIpc) is 2.81. The molecule has 0 spiro atoms. The van der Waals surface area contributed by atoms with Gasteiger partial charge in [-0.25, -0.2) is 0 Å². The molecule has 1 fully saturated rings. The Kier molecular flexibility index (Phi) is 4.94. The molecule has 0 saturated carbocycles. The number of rotatable bonds is 4. The van der Waals surface area contributed by atoms with Gasteiger partial charge in [0, 0.05) is 18.6 Å². The summed E-state index contributed by atoms with van der Waals surface area (Å²) in [6.45, 7) is 7.27. The first-order chi connectivity index (χ1) is 9.84. The predicted molar refractivity (Wildman–Crippen MR) is 76.1 cm³/mol. The van der Waals surface area contributed by atoms with Crippen LogP contribution in [-0.2, 0) is 10.9 Å². The van der Waals surface area contributed by atoms with E-state index in [4.69, 9.17) is 4.74 Å². The van der Waals surface area contributed by atoms with Crippen molar-refractivity contribution in [3.05, 3.63) is 34.9 Å². The lowest BCUT2D eigenvalue weighted by Crippen LogP contribution is -2.32. The fraction of sp³-hybridized carbons (Fsp3) is 0.625. The quantitative estimate of drug-likeness (QED) is 0.904. The van der Waals surface area contributed by atoms with Crippen molar-refractivity contribution >= 4 is 0 Å². The van der Waals surface area contributed by atoms with Crippen LogP contribution in [0.15, 0.2) is 18.2 Å². The highest BCUT2D eigenvalue weighted by molar-refractivity contribution is 5.35. The molecule has 1 saturated heterocycles. The van der Waals surface area contributed by atoms with Crippen LogP contribution in [0.5, 0.6) is 0 Å². The lowest BCUT2D eigenvalue weighted by molar-refractivity contribution is -0.137. The summed E-state index contributed by atoms with van der Waals surface area (Å²) in [5.41, 5.74) is 1.02. The zero-order valence-corrected chi connectivity index (χ0v) is 12.6. The molecule has 21 heavy (non-hydrogen) atoms. The van der Waals surface area contributed by atoms with E-state index in [2.05, 4.69) is 5.32 Å². The molecule has 3 unspecified atom stereocenters. The minimum absolute atomic E-state index is 0.0368. The van der Waals surface area contributed by atoms with Crippen LogP contribution in [0.25, 0.3) is 0 Å². The normalized spacial score (nSPS) is 24.3. The number of hydrogen-bond acceptors (Lipinski definition) is 2. The maximum atomic E-state index is 12.8. The molecule has 118 valence electrons. The van der Waals surface area contributed by atoms with Crippen molar-refractivity contribution in [1.29, 1.82) is 0 Å². The van der Waals surface area contributed by atoms with E-state index in [9.17, 15) is 13.2 Å². The Hall–Kier alpha value is -1.07. The molecule has 1 heterocycles. The third-order valence-electron chi connectivity index (χ3n) is 4.22. The topological polar surface area (TPSA) is 21.3 Å². The highest BCUT2D eigenvalue weighted by atomic mass is 19.4. The number of nitrogens with one attached hydrogen (secondary N) is 1. The van der Waals surface area contributed by atoms with Gasteiger partial charge in [0.25, 0.3) is 0 Å². The highest BCUT2D eigenvalue weighted by Gasteiger charge is 2.35. The van der Waals surface area contributed by atoms with E-state index in [0.717, 1.165) is 18.5 Å². The van der Waals surface area contributed by atoms with E-state index in [1.54, 1.807) is 13.0 Å². The van der Waals surface area contributed by atoms with Crippen molar-refractivity contribution in [3.8, 4) is 0 Å². The van der Waals surface area contributed by atoms with E-state index >= 15 is 0 Å². The molecule has 1 aliphatic heterocycles. The van der Waals surface area contributed by atoms with Gasteiger partial charge in [-0.3, -0.25) is 0 Å². The zero-order chi connectivity index (χ0) is 15.6. The molecular weight excluding hydrogens is 279 g/mol. The second kappa shape index (κ2) is 6.36. The van der Waals surface area contributed by atoms with Crippen LogP contribution in [0.3, 0.4) is 0 Å². The van der Waals surface area contributed by atoms with Crippen LogP contribution >= 0.6 is 0 Å². The molecule has 1 aliphatic rings. The third-order valence-corrected chi connectivity index (χ3v) is 4.22. The minimum atomic E-state index is -4.29. The summed E-state index contributed by atoms with van der Waals surface area (Å²) in [4.78, 5) is 0. The Balaban J connectivity index is 2.32. The van der Waals surface area contributed by atoms with Gasteiger partial charge >= 0.3 is 6.18 Å². The van der Waals surface area contributed by atoms with E-state index in [1.165, 1.54) is 12.1 Å². The van der Waals surface area contributed by atoms with Gasteiger partial charge in [0.15, 0.2) is 0 Å². The maximum absolute atomic E-state index is 12.8. The van der Waals surface area contributed by atoms with Crippen molar-refractivity contribution in [1.82, 2.24) is 5.32 Å². The van der Waals surface area contributed by atoms with Crippen molar-refractivity contribution < 1.29 is 17.9 Å². The Morgan fingerprint density at radius 3 is 2.57 bits per heavy atom. The lowest BCUT2D eigenvalue weighted by atomic mass is 9.85. The maximum Gasteiger partial charge on any atom is 0.416 e. The number of ether oxygens (including phenoxy) is 1. The second-order valence-corrected chi connectivity index (χ2v) is 5.63. The molecule has 0 aliphatic carbocycles. The number of alkyl halides is 3. The van der Waals surface area contributed by atoms with Crippen molar-refractivity contribution in [2.75, 3.05) is 13.2 Å². The first-order valence-corrected chi connectivity index (χ1v) is 7.37.